The minimum absolute atomic E-state index is 0.129. The number of allylic oxidation sites excluding steroid dienone is 3. The molecule has 0 aliphatic heterocycles. The molecule has 0 saturated heterocycles. The summed E-state index contributed by atoms with van der Waals surface area (Å²) in [7, 11) is 0. The monoisotopic (exact) mass is 248 g/mol. The molecule has 0 amide bonds. The van der Waals surface area contributed by atoms with E-state index < -0.39 is 0 Å². The van der Waals surface area contributed by atoms with E-state index in [-0.39, 0.29) is 6.10 Å². The largest absolute Gasteiger partial charge is 0.393 e. The average Bonchev–Trinajstić information content (AvgIpc) is 2.82. The predicted molar refractivity (Wildman–Crippen MR) is 77.4 cm³/mol. The van der Waals surface area contributed by atoms with Gasteiger partial charge in [0.15, 0.2) is 0 Å². The van der Waals surface area contributed by atoms with Crippen LogP contribution in [0.4, 0.5) is 0 Å². The van der Waals surface area contributed by atoms with E-state index in [1.807, 2.05) is 0 Å². The molecule has 0 aromatic rings. The maximum atomic E-state index is 10.1. The van der Waals surface area contributed by atoms with E-state index in [0.29, 0.717) is 0 Å². The number of aliphatic hydroxyl groups excluding tert-OH is 1. The third-order valence-corrected chi connectivity index (χ3v) is 4.47. The summed E-state index contributed by atoms with van der Waals surface area (Å²) in [5, 5.41) is 10.1. The van der Waals surface area contributed by atoms with Crippen LogP contribution in [0.5, 0.6) is 0 Å². The second-order valence-corrected chi connectivity index (χ2v) is 6.07. The van der Waals surface area contributed by atoms with Crippen molar-refractivity contribution in [1.82, 2.24) is 0 Å². The number of hydrogen-bond donors (Lipinski definition) is 1. The Morgan fingerprint density at radius 3 is 2.89 bits per heavy atom. The average molecular weight is 248 g/mol. The van der Waals surface area contributed by atoms with Crippen LogP contribution < -0.4 is 0 Å². The topological polar surface area (TPSA) is 20.2 Å². The molecule has 1 unspecified atom stereocenters. The second-order valence-electron chi connectivity index (χ2n) is 6.07. The van der Waals surface area contributed by atoms with E-state index >= 15 is 0 Å². The van der Waals surface area contributed by atoms with Gasteiger partial charge in [0, 0.05) is 0 Å². The summed E-state index contributed by atoms with van der Waals surface area (Å²) in [6.45, 7) is 2.23. The summed E-state index contributed by atoms with van der Waals surface area (Å²) in [6.07, 6.45) is 17.9. The smallest absolute Gasteiger partial charge is 0.0580 e. The Morgan fingerprint density at radius 2 is 2.06 bits per heavy atom. The lowest BCUT2D eigenvalue weighted by Gasteiger charge is -2.20. The summed E-state index contributed by atoms with van der Waals surface area (Å²) in [5.74, 6) is 1.58. The SMILES string of the molecule is CCCCCC[C@@H](O)CC1=CC2CCC[C@@H]2C=C1. The normalized spacial score (nSPS) is 28.0. The van der Waals surface area contributed by atoms with E-state index in [1.165, 1.54) is 50.5 Å². The minimum Gasteiger partial charge on any atom is -0.393 e. The van der Waals surface area contributed by atoms with Gasteiger partial charge in [-0.2, -0.15) is 0 Å². The van der Waals surface area contributed by atoms with Crippen LogP contribution in [-0.4, -0.2) is 11.2 Å². The molecule has 1 N–H and O–H groups in total. The van der Waals surface area contributed by atoms with Crippen LogP contribution in [0.3, 0.4) is 0 Å². The van der Waals surface area contributed by atoms with E-state index in [1.54, 1.807) is 0 Å². The summed E-state index contributed by atoms with van der Waals surface area (Å²) < 4.78 is 0. The highest BCUT2D eigenvalue weighted by atomic mass is 16.3. The number of unbranched alkanes of at least 4 members (excludes halogenated alkanes) is 3. The van der Waals surface area contributed by atoms with E-state index in [9.17, 15) is 5.11 Å². The zero-order chi connectivity index (χ0) is 12.8. The molecule has 0 heterocycles. The summed E-state index contributed by atoms with van der Waals surface area (Å²) in [4.78, 5) is 0. The maximum absolute atomic E-state index is 10.1. The van der Waals surface area contributed by atoms with Crippen LogP contribution >= 0.6 is 0 Å². The first-order valence-electron chi connectivity index (χ1n) is 7.86. The Morgan fingerprint density at radius 1 is 1.22 bits per heavy atom. The molecule has 0 radical (unpaired) electrons. The number of aliphatic hydroxyl groups is 1. The first-order chi connectivity index (χ1) is 8.79. The molecular formula is C17H28O. The van der Waals surface area contributed by atoms with Gasteiger partial charge in [-0.3, -0.25) is 0 Å². The summed E-state index contributed by atoms with van der Waals surface area (Å²) in [5.41, 5.74) is 1.38. The van der Waals surface area contributed by atoms with Crippen molar-refractivity contribution in [2.45, 2.75) is 70.8 Å². The van der Waals surface area contributed by atoms with Gasteiger partial charge in [0.2, 0.25) is 0 Å². The fourth-order valence-corrected chi connectivity index (χ4v) is 3.36. The van der Waals surface area contributed by atoms with Crippen molar-refractivity contribution < 1.29 is 5.11 Å². The van der Waals surface area contributed by atoms with Gasteiger partial charge in [0.25, 0.3) is 0 Å². The minimum atomic E-state index is -0.129. The van der Waals surface area contributed by atoms with Crippen LogP contribution in [-0.2, 0) is 0 Å². The van der Waals surface area contributed by atoms with Gasteiger partial charge in [-0.1, -0.05) is 57.3 Å². The molecule has 102 valence electrons. The molecule has 2 aliphatic carbocycles. The lowest BCUT2D eigenvalue weighted by molar-refractivity contribution is 0.161. The third kappa shape index (κ3) is 3.98. The quantitative estimate of drug-likeness (QED) is 0.652. The van der Waals surface area contributed by atoms with Gasteiger partial charge in [0.1, 0.15) is 0 Å². The maximum Gasteiger partial charge on any atom is 0.0580 e. The highest BCUT2D eigenvalue weighted by molar-refractivity contribution is 5.27. The third-order valence-electron chi connectivity index (χ3n) is 4.47. The molecule has 1 heteroatoms. The Kier molecular flexibility index (Phi) is 5.49. The molecular weight excluding hydrogens is 220 g/mol. The van der Waals surface area contributed by atoms with Gasteiger partial charge < -0.3 is 5.11 Å². The fraction of sp³-hybridized carbons (Fsp3) is 0.765. The first kappa shape index (κ1) is 13.9. The van der Waals surface area contributed by atoms with Crippen LogP contribution in [0, 0.1) is 11.8 Å². The van der Waals surface area contributed by atoms with Gasteiger partial charge in [0.05, 0.1) is 6.10 Å². The van der Waals surface area contributed by atoms with E-state index in [0.717, 1.165) is 24.7 Å². The molecule has 3 atom stereocenters. The molecule has 1 fully saturated rings. The molecule has 0 spiro atoms. The number of rotatable bonds is 7. The molecule has 0 aromatic carbocycles. The zero-order valence-electron chi connectivity index (χ0n) is 11.8. The molecule has 0 bridgehead atoms. The van der Waals surface area contributed by atoms with E-state index in [4.69, 9.17) is 0 Å². The predicted octanol–water partition coefficient (Wildman–Crippen LogP) is 4.62. The Bertz CT molecular complexity index is 303. The Balaban J connectivity index is 1.71. The van der Waals surface area contributed by atoms with Gasteiger partial charge in [-0.15, -0.1) is 0 Å². The molecule has 1 nitrogen and oxygen atoms in total. The Labute approximate surface area is 112 Å². The van der Waals surface area contributed by atoms with Gasteiger partial charge >= 0.3 is 0 Å². The van der Waals surface area contributed by atoms with Crippen molar-refractivity contribution in [3.05, 3.63) is 23.8 Å². The Hall–Kier alpha value is -0.560. The molecule has 0 aromatic heterocycles. The van der Waals surface area contributed by atoms with Crippen LogP contribution in [0.25, 0.3) is 0 Å². The highest BCUT2D eigenvalue weighted by Crippen LogP contribution is 2.38. The highest BCUT2D eigenvalue weighted by Gasteiger charge is 2.26. The van der Waals surface area contributed by atoms with E-state index in [2.05, 4.69) is 25.2 Å². The standard InChI is InChI=1S/C17H28O/c1-2-3-4-5-9-17(18)13-14-10-11-15-7-6-8-16(15)12-14/h10-12,15-18H,2-9,13H2,1H3/t15-,16?,17-/m1/s1. The van der Waals surface area contributed by atoms with Crippen molar-refractivity contribution >= 4 is 0 Å². The van der Waals surface area contributed by atoms with Gasteiger partial charge in [-0.05, 0) is 43.1 Å². The molecule has 1 saturated carbocycles. The number of hydrogen-bond acceptors (Lipinski definition) is 1. The fourth-order valence-electron chi connectivity index (χ4n) is 3.36. The first-order valence-corrected chi connectivity index (χ1v) is 7.86. The lowest BCUT2D eigenvalue weighted by atomic mass is 9.86. The van der Waals surface area contributed by atoms with Crippen molar-refractivity contribution in [3.63, 3.8) is 0 Å². The van der Waals surface area contributed by atoms with Crippen LogP contribution in [0.2, 0.25) is 0 Å². The van der Waals surface area contributed by atoms with Crippen LogP contribution in [0.1, 0.15) is 64.7 Å². The zero-order valence-corrected chi connectivity index (χ0v) is 11.8. The molecule has 18 heavy (non-hydrogen) atoms. The number of fused-ring (bicyclic) bond motifs is 1. The molecule has 2 rings (SSSR count). The second kappa shape index (κ2) is 7.13. The van der Waals surface area contributed by atoms with Gasteiger partial charge in [-0.25, -0.2) is 0 Å². The molecule has 2 aliphatic rings. The van der Waals surface area contributed by atoms with Crippen molar-refractivity contribution in [2.75, 3.05) is 0 Å². The summed E-state index contributed by atoms with van der Waals surface area (Å²) >= 11 is 0. The van der Waals surface area contributed by atoms with Crippen LogP contribution in [0.15, 0.2) is 23.8 Å². The van der Waals surface area contributed by atoms with Crippen molar-refractivity contribution in [2.24, 2.45) is 11.8 Å². The van der Waals surface area contributed by atoms with Crippen molar-refractivity contribution in [1.29, 1.82) is 0 Å². The summed E-state index contributed by atoms with van der Waals surface area (Å²) in [6, 6.07) is 0. The lowest BCUT2D eigenvalue weighted by Crippen LogP contribution is -2.12. The van der Waals surface area contributed by atoms with Crippen molar-refractivity contribution in [3.8, 4) is 0 Å².